The molecule has 1 aromatic rings. The van der Waals surface area contributed by atoms with Crippen molar-refractivity contribution in [2.75, 3.05) is 32.7 Å². The molecule has 2 nitrogen and oxygen atoms in total. The van der Waals surface area contributed by atoms with E-state index < -0.39 is 11.6 Å². The summed E-state index contributed by atoms with van der Waals surface area (Å²) in [6, 6.07) is 3.84. The van der Waals surface area contributed by atoms with Crippen LogP contribution < -0.4 is 0 Å². The Labute approximate surface area is 114 Å². The minimum atomic E-state index is -0.509. The summed E-state index contributed by atoms with van der Waals surface area (Å²) in [4.78, 5) is 4.69. The predicted molar refractivity (Wildman–Crippen MR) is 73.0 cm³/mol. The van der Waals surface area contributed by atoms with Crippen LogP contribution in [0.4, 0.5) is 8.78 Å². The Morgan fingerprint density at radius 1 is 1.05 bits per heavy atom. The first-order chi connectivity index (χ1) is 9.19. The molecule has 1 aromatic carbocycles. The minimum absolute atomic E-state index is 0.437. The summed E-state index contributed by atoms with van der Waals surface area (Å²) in [7, 11) is 0. The standard InChI is InChI=1S/C15H22F2N2/c1-2-3-6-18-7-9-19(10-8-18)12-13-4-5-14(16)11-15(13)17/h4-5,11H,2-3,6-10,12H2,1H3. The SMILES string of the molecule is CCCCN1CCN(Cc2ccc(F)cc2F)CC1. The molecule has 1 aliphatic rings. The van der Waals surface area contributed by atoms with Crippen molar-refractivity contribution in [1.82, 2.24) is 9.80 Å². The van der Waals surface area contributed by atoms with Crippen LogP contribution in [0.3, 0.4) is 0 Å². The van der Waals surface area contributed by atoms with E-state index in [1.54, 1.807) is 6.07 Å². The van der Waals surface area contributed by atoms with Crippen molar-refractivity contribution in [3.05, 3.63) is 35.4 Å². The Kier molecular flexibility index (Phi) is 5.28. The van der Waals surface area contributed by atoms with E-state index >= 15 is 0 Å². The summed E-state index contributed by atoms with van der Waals surface area (Å²) in [6.07, 6.45) is 2.47. The number of rotatable bonds is 5. The normalized spacial score (nSPS) is 17.8. The predicted octanol–water partition coefficient (Wildman–Crippen LogP) is 2.88. The monoisotopic (exact) mass is 268 g/mol. The van der Waals surface area contributed by atoms with Crippen molar-refractivity contribution in [2.45, 2.75) is 26.3 Å². The first-order valence-electron chi connectivity index (χ1n) is 7.07. The summed E-state index contributed by atoms with van der Waals surface area (Å²) in [5, 5.41) is 0. The van der Waals surface area contributed by atoms with Crippen LogP contribution in [0.15, 0.2) is 18.2 Å². The van der Waals surface area contributed by atoms with Gasteiger partial charge in [0.25, 0.3) is 0 Å². The van der Waals surface area contributed by atoms with Gasteiger partial charge in [-0.1, -0.05) is 19.4 Å². The Bertz CT molecular complexity index is 401. The van der Waals surface area contributed by atoms with Crippen LogP contribution in [0.2, 0.25) is 0 Å². The van der Waals surface area contributed by atoms with Crippen molar-refractivity contribution in [3.63, 3.8) is 0 Å². The van der Waals surface area contributed by atoms with Gasteiger partial charge in [-0.3, -0.25) is 4.90 Å². The first kappa shape index (κ1) is 14.4. The molecule has 0 radical (unpaired) electrons. The maximum absolute atomic E-state index is 13.6. The molecule has 0 aliphatic carbocycles. The molecule has 106 valence electrons. The number of hydrogen-bond donors (Lipinski definition) is 0. The molecule has 0 saturated carbocycles. The number of unbranched alkanes of at least 4 members (excludes halogenated alkanes) is 1. The van der Waals surface area contributed by atoms with E-state index in [9.17, 15) is 8.78 Å². The minimum Gasteiger partial charge on any atom is -0.301 e. The van der Waals surface area contributed by atoms with Gasteiger partial charge in [0.2, 0.25) is 0 Å². The molecule has 4 heteroatoms. The topological polar surface area (TPSA) is 6.48 Å². The molecule has 2 rings (SSSR count). The average Bonchev–Trinajstić information content (AvgIpc) is 2.41. The molecular formula is C15H22F2N2. The number of hydrogen-bond acceptors (Lipinski definition) is 2. The molecule has 1 heterocycles. The highest BCUT2D eigenvalue weighted by atomic mass is 19.1. The quantitative estimate of drug-likeness (QED) is 0.810. The second-order valence-electron chi connectivity index (χ2n) is 5.21. The van der Waals surface area contributed by atoms with Gasteiger partial charge in [0, 0.05) is 44.4 Å². The van der Waals surface area contributed by atoms with Crippen LogP contribution in [0.5, 0.6) is 0 Å². The van der Waals surface area contributed by atoms with E-state index in [-0.39, 0.29) is 0 Å². The van der Waals surface area contributed by atoms with E-state index in [1.807, 2.05) is 0 Å². The lowest BCUT2D eigenvalue weighted by molar-refractivity contribution is 0.125. The zero-order valence-corrected chi connectivity index (χ0v) is 11.5. The first-order valence-corrected chi connectivity index (χ1v) is 7.07. The Hall–Kier alpha value is -1.00. The fourth-order valence-corrected chi connectivity index (χ4v) is 2.44. The molecule has 19 heavy (non-hydrogen) atoms. The average molecular weight is 268 g/mol. The zero-order valence-electron chi connectivity index (χ0n) is 11.5. The molecule has 1 aliphatic heterocycles. The van der Waals surface area contributed by atoms with Gasteiger partial charge < -0.3 is 4.90 Å². The summed E-state index contributed by atoms with van der Waals surface area (Å²) < 4.78 is 26.4. The Morgan fingerprint density at radius 2 is 1.74 bits per heavy atom. The van der Waals surface area contributed by atoms with Crippen LogP contribution >= 0.6 is 0 Å². The molecule has 1 fully saturated rings. The highest BCUT2D eigenvalue weighted by Gasteiger charge is 2.17. The molecule has 0 amide bonds. The largest absolute Gasteiger partial charge is 0.301 e. The van der Waals surface area contributed by atoms with Crippen molar-refractivity contribution in [3.8, 4) is 0 Å². The van der Waals surface area contributed by atoms with E-state index in [0.717, 1.165) is 38.8 Å². The lowest BCUT2D eigenvalue weighted by atomic mass is 10.1. The number of piperazine rings is 1. The van der Waals surface area contributed by atoms with Gasteiger partial charge >= 0.3 is 0 Å². The van der Waals surface area contributed by atoms with Crippen molar-refractivity contribution < 1.29 is 8.78 Å². The molecular weight excluding hydrogens is 246 g/mol. The van der Waals surface area contributed by atoms with Gasteiger partial charge in [-0.2, -0.15) is 0 Å². The highest BCUT2D eigenvalue weighted by molar-refractivity contribution is 5.18. The number of halogens is 2. The van der Waals surface area contributed by atoms with Crippen molar-refractivity contribution in [1.29, 1.82) is 0 Å². The van der Waals surface area contributed by atoms with Gasteiger partial charge in [0.1, 0.15) is 11.6 Å². The third-order valence-electron chi connectivity index (χ3n) is 3.70. The third-order valence-corrected chi connectivity index (χ3v) is 3.70. The number of benzene rings is 1. The van der Waals surface area contributed by atoms with Crippen molar-refractivity contribution in [2.24, 2.45) is 0 Å². The molecule has 0 aromatic heterocycles. The maximum Gasteiger partial charge on any atom is 0.130 e. The highest BCUT2D eigenvalue weighted by Crippen LogP contribution is 2.14. The molecule has 0 unspecified atom stereocenters. The van der Waals surface area contributed by atoms with Crippen LogP contribution in [0.1, 0.15) is 25.3 Å². The second-order valence-corrected chi connectivity index (χ2v) is 5.21. The van der Waals surface area contributed by atoms with E-state index in [0.29, 0.717) is 12.1 Å². The van der Waals surface area contributed by atoms with Crippen LogP contribution in [-0.2, 0) is 6.54 Å². The van der Waals surface area contributed by atoms with E-state index in [2.05, 4.69) is 16.7 Å². The summed E-state index contributed by atoms with van der Waals surface area (Å²) >= 11 is 0. The molecule has 0 atom stereocenters. The fourth-order valence-electron chi connectivity index (χ4n) is 2.44. The van der Waals surface area contributed by atoms with Crippen LogP contribution in [0, 0.1) is 11.6 Å². The second kappa shape index (κ2) is 6.96. The molecule has 1 saturated heterocycles. The van der Waals surface area contributed by atoms with Gasteiger partial charge in [0.15, 0.2) is 0 Å². The van der Waals surface area contributed by atoms with Gasteiger partial charge in [-0.05, 0) is 19.0 Å². The van der Waals surface area contributed by atoms with Gasteiger partial charge in [-0.15, -0.1) is 0 Å². The summed E-state index contributed by atoms with van der Waals surface area (Å²) in [5.74, 6) is -0.945. The lowest BCUT2D eigenvalue weighted by Crippen LogP contribution is -2.46. The van der Waals surface area contributed by atoms with E-state index in [4.69, 9.17) is 0 Å². The van der Waals surface area contributed by atoms with Crippen LogP contribution in [-0.4, -0.2) is 42.5 Å². The molecule has 0 bridgehead atoms. The maximum atomic E-state index is 13.6. The summed E-state index contributed by atoms with van der Waals surface area (Å²) in [6.45, 7) is 7.95. The number of nitrogens with zero attached hydrogens (tertiary/aromatic N) is 2. The third kappa shape index (κ3) is 4.25. The van der Waals surface area contributed by atoms with Crippen LogP contribution in [0.25, 0.3) is 0 Å². The Balaban J connectivity index is 1.82. The summed E-state index contributed by atoms with van der Waals surface area (Å²) in [5.41, 5.74) is 0.586. The zero-order chi connectivity index (χ0) is 13.7. The molecule has 0 spiro atoms. The van der Waals surface area contributed by atoms with Gasteiger partial charge in [-0.25, -0.2) is 8.78 Å². The smallest absolute Gasteiger partial charge is 0.130 e. The fraction of sp³-hybridized carbons (Fsp3) is 0.600. The lowest BCUT2D eigenvalue weighted by Gasteiger charge is -2.34. The van der Waals surface area contributed by atoms with E-state index in [1.165, 1.54) is 18.9 Å². The molecule has 0 N–H and O–H groups in total. The van der Waals surface area contributed by atoms with Crippen molar-refractivity contribution >= 4 is 0 Å². The Morgan fingerprint density at radius 3 is 2.37 bits per heavy atom. The van der Waals surface area contributed by atoms with Gasteiger partial charge in [0.05, 0.1) is 0 Å².